The van der Waals surface area contributed by atoms with Gasteiger partial charge in [0.15, 0.2) is 11.6 Å². The Morgan fingerprint density at radius 2 is 2.32 bits per heavy atom. The predicted molar refractivity (Wildman–Crippen MR) is 64.7 cm³/mol. The van der Waals surface area contributed by atoms with E-state index in [0.717, 1.165) is 0 Å². The van der Waals surface area contributed by atoms with Crippen LogP contribution in [0.1, 0.15) is 11.4 Å². The zero-order chi connectivity index (χ0) is 13.8. The second-order valence-electron chi connectivity index (χ2n) is 3.76. The van der Waals surface area contributed by atoms with Crippen LogP contribution in [0.3, 0.4) is 0 Å². The number of benzene rings is 1. The zero-order valence-corrected chi connectivity index (χ0v) is 10.2. The predicted octanol–water partition coefficient (Wildman–Crippen LogP) is 0.735. The maximum atomic E-state index is 10.9. The van der Waals surface area contributed by atoms with Crippen LogP contribution >= 0.6 is 0 Å². The molecule has 0 fully saturated rings. The van der Waals surface area contributed by atoms with E-state index in [0.29, 0.717) is 17.9 Å². The molecule has 19 heavy (non-hydrogen) atoms. The molecule has 0 bridgehead atoms. The van der Waals surface area contributed by atoms with E-state index in [4.69, 9.17) is 9.84 Å². The maximum Gasteiger partial charge on any atom is 0.311 e. The molecule has 8 heteroatoms. The summed E-state index contributed by atoms with van der Waals surface area (Å²) in [4.78, 5) is 14.3. The summed E-state index contributed by atoms with van der Waals surface area (Å²) in [6.07, 6.45) is 1.32. The summed E-state index contributed by atoms with van der Waals surface area (Å²) in [7, 11) is 1.38. The van der Waals surface area contributed by atoms with Crippen molar-refractivity contribution < 1.29 is 14.8 Å². The summed E-state index contributed by atoms with van der Waals surface area (Å²) in [5.74, 6) is 0.605. The van der Waals surface area contributed by atoms with Gasteiger partial charge in [0.05, 0.1) is 18.6 Å². The van der Waals surface area contributed by atoms with Crippen LogP contribution in [0.15, 0.2) is 24.5 Å². The van der Waals surface area contributed by atoms with Gasteiger partial charge in [-0.3, -0.25) is 10.1 Å². The molecule has 1 N–H and O–H groups in total. The molecule has 8 nitrogen and oxygen atoms in total. The summed E-state index contributed by atoms with van der Waals surface area (Å²) in [6.45, 7) is 0.0545. The molecule has 2 rings (SSSR count). The second-order valence-corrected chi connectivity index (χ2v) is 3.76. The number of aliphatic hydroxyl groups is 1. The number of methoxy groups -OCH3 is 1. The lowest BCUT2D eigenvalue weighted by molar-refractivity contribution is -0.385. The second kappa shape index (κ2) is 5.44. The van der Waals surface area contributed by atoms with E-state index < -0.39 is 4.92 Å². The van der Waals surface area contributed by atoms with E-state index in [-0.39, 0.29) is 18.0 Å². The highest BCUT2D eigenvalue weighted by atomic mass is 16.6. The van der Waals surface area contributed by atoms with Gasteiger partial charge in [-0.15, -0.1) is 0 Å². The molecule has 2 aromatic rings. The molecule has 0 aliphatic heterocycles. The Morgan fingerprint density at radius 1 is 1.53 bits per heavy atom. The number of hydrogen-bond acceptors (Lipinski definition) is 6. The topological polar surface area (TPSA) is 103 Å². The highest BCUT2D eigenvalue weighted by Gasteiger charge is 2.15. The van der Waals surface area contributed by atoms with E-state index in [1.54, 1.807) is 6.07 Å². The number of nitro groups is 1. The van der Waals surface area contributed by atoms with Gasteiger partial charge >= 0.3 is 5.69 Å². The number of nitro benzene ring substituents is 1. The van der Waals surface area contributed by atoms with Gasteiger partial charge < -0.3 is 9.84 Å². The van der Waals surface area contributed by atoms with Crippen molar-refractivity contribution in [2.45, 2.75) is 13.2 Å². The summed E-state index contributed by atoms with van der Waals surface area (Å²) < 4.78 is 6.40. The summed E-state index contributed by atoms with van der Waals surface area (Å²) >= 11 is 0. The third-order valence-corrected chi connectivity index (χ3v) is 2.61. The molecule has 0 amide bonds. The smallest absolute Gasteiger partial charge is 0.311 e. The van der Waals surface area contributed by atoms with Crippen molar-refractivity contribution >= 4 is 5.69 Å². The van der Waals surface area contributed by atoms with E-state index in [9.17, 15) is 10.1 Å². The van der Waals surface area contributed by atoms with Crippen LogP contribution < -0.4 is 4.74 Å². The fraction of sp³-hybridized carbons (Fsp3) is 0.273. The molecule has 0 saturated carbocycles. The van der Waals surface area contributed by atoms with Gasteiger partial charge in [-0.05, 0) is 11.6 Å². The average Bonchev–Trinajstić information content (AvgIpc) is 2.85. The van der Waals surface area contributed by atoms with Gasteiger partial charge in [0, 0.05) is 6.07 Å². The minimum atomic E-state index is -0.503. The number of nitrogens with zero attached hydrogens (tertiary/aromatic N) is 4. The summed E-state index contributed by atoms with van der Waals surface area (Å²) in [5, 5.41) is 23.9. The molecular formula is C11H12N4O4. The first kappa shape index (κ1) is 13.0. The van der Waals surface area contributed by atoms with Crippen LogP contribution in [0.4, 0.5) is 5.69 Å². The number of hydrogen-bond donors (Lipinski definition) is 1. The lowest BCUT2D eigenvalue weighted by Crippen LogP contribution is -2.07. The van der Waals surface area contributed by atoms with E-state index in [2.05, 4.69) is 10.1 Å². The fourth-order valence-corrected chi connectivity index (χ4v) is 1.69. The molecule has 0 saturated heterocycles. The van der Waals surface area contributed by atoms with Crippen molar-refractivity contribution in [1.82, 2.24) is 14.8 Å². The lowest BCUT2D eigenvalue weighted by atomic mass is 10.2. The molecule has 0 aliphatic rings. The lowest BCUT2D eigenvalue weighted by Gasteiger charge is -2.06. The van der Waals surface area contributed by atoms with Gasteiger partial charge in [-0.2, -0.15) is 5.10 Å². The summed E-state index contributed by atoms with van der Waals surface area (Å²) in [5.41, 5.74) is 0.568. The molecule has 0 atom stereocenters. The molecule has 0 spiro atoms. The van der Waals surface area contributed by atoms with Crippen LogP contribution in [-0.4, -0.2) is 31.9 Å². The largest absolute Gasteiger partial charge is 0.490 e. The van der Waals surface area contributed by atoms with Crippen molar-refractivity contribution in [2.24, 2.45) is 0 Å². The minimum Gasteiger partial charge on any atom is -0.490 e. The van der Waals surface area contributed by atoms with Crippen molar-refractivity contribution in [2.75, 3.05) is 7.11 Å². The quantitative estimate of drug-likeness (QED) is 0.631. The van der Waals surface area contributed by atoms with Gasteiger partial charge in [0.1, 0.15) is 12.9 Å². The number of ether oxygens (including phenoxy) is 1. The van der Waals surface area contributed by atoms with Gasteiger partial charge in [0.25, 0.3) is 0 Å². The van der Waals surface area contributed by atoms with Gasteiger partial charge in [-0.25, -0.2) is 9.67 Å². The van der Waals surface area contributed by atoms with Crippen LogP contribution in [0, 0.1) is 10.1 Å². The SMILES string of the molecule is COc1ccc(Cn2ncnc2CO)cc1[N+](=O)[O-]. The van der Waals surface area contributed by atoms with Crippen molar-refractivity contribution in [1.29, 1.82) is 0 Å². The van der Waals surface area contributed by atoms with Crippen LogP contribution in [0.25, 0.3) is 0 Å². The average molecular weight is 264 g/mol. The highest BCUT2D eigenvalue weighted by molar-refractivity contribution is 5.48. The van der Waals surface area contributed by atoms with E-state index in [1.165, 1.54) is 30.3 Å². The number of rotatable bonds is 5. The van der Waals surface area contributed by atoms with E-state index in [1.807, 2.05) is 0 Å². The maximum absolute atomic E-state index is 10.9. The first-order valence-electron chi connectivity index (χ1n) is 5.44. The van der Waals surface area contributed by atoms with Crippen LogP contribution in [-0.2, 0) is 13.2 Å². The third-order valence-electron chi connectivity index (χ3n) is 2.61. The molecule has 1 aromatic heterocycles. The minimum absolute atomic E-state index is 0.106. The Hall–Kier alpha value is -2.48. The Balaban J connectivity index is 2.31. The Bertz CT molecular complexity index is 596. The third kappa shape index (κ3) is 2.68. The normalized spacial score (nSPS) is 10.4. The standard InChI is InChI=1S/C11H12N4O4/c1-19-10-3-2-8(4-9(10)15(17)18)5-14-11(6-16)12-7-13-14/h2-4,7,16H,5-6H2,1H3. The molecule has 0 aliphatic carbocycles. The molecule has 1 aromatic carbocycles. The molecule has 1 heterocycles. The first-order chi connectivity index (χ1) is 9.15. The van der Waals surface area contributed by atoms with Crippen molar-refractivity contribution in [3.63, 3.8) is 0 Å². The highest BCUT2D eigenvalue weighted by Crippen LogP contribution is 2.27. The van der Waals surface area contributed by atoms with Crippen LogP contribution in [0.2, 0.25) is 0 Å². The van der Waals surface area contributed by atoms with Crippen LogP contribution in [0.5, 0.6) is 5.75 Å². The molecular weight excluding hydrogens is 252 g/mol. The first-order valence-corrected chi connectivity index (χ1v) is 5.44. The molecule has 0 unspecified atom stereocenters. The molecule has 0 radical (unpaired) electrons. The van der Waals surface area contributed by atoms with Gasteiger partial charge in [-0.1, -0.05) is 6.07 Å². The van der Waals surface area contributed by atoms with E-state index >= 15 is 0 Å². The molecule has 100 valence electrons. The van der Waals surface area contributed by atoms with Gasteiger partial charge in [0.2, 0.25) is 0 Å². The number of aromatic nitrogens is 3. The Morgan fingerprint density at radius 3 is 2.95 bits per heavy atom. The Kier molecular flexibility index (Phi) is 3.71. The zero-order valence-electron chi connectivity index (χ0n) is 10.2. The summed E-state index contributed by atoms with van der Waals surface area (Å²) in [6, 6.07) is 4.65. The fourth-order valence-electron chi connectivity index (χ4n) is 1.69. The number of aliphatic hydroxyl groups excluding tert-OH is 1. The monoisotopic (exact) mass is 264 g/mol. The van der Waals surface area contributed by atoms with Crippen molar-refractivity contribution in [3.05, 3.63) is 46.0 Å². The van der Waals surface area contributed by atoms with Crippen molar-refractivity contribution in [3.8, 4) is 5.75 Å². The Labute approximate surface area is 108 Å².